The number of aliphatic hydroxyl groups is 1. The Balaban J connectivity index is 2.59. The van der Waals surface area contributed by atoms with Gasteiger partial charge in [0.1, 0.15) is 6.61 Å². The zero-order valence-electron chi connectivity index (χ0n) is 12.2. The molecule has 0 aliphatic rings. The van der Waals surface area contributed by atoms with Gasteiger partial charge in [-0.3, -0.25) is 10.1 Å². The Morgan fingerprint density at radius 3 is 2.81 bits per heavy atom. The minimum atomic E-state index is -0.451. The Morgan fingerprint density at radius 2 is 2.14 bits per heavy atom. The van der Waals surface area contributed by atoms with Gasteiger partial charge in [-0.25, -0.2) is 0 Å². The van der Waals surface area contributed by atoms with Crippen LogP contribution in [0.1, 0.15) is 18.9 Å². The van der Waals surface area contributed by atoms with Gasteiger partial charge in [0, 0.05) is 12.6 Å². The highest BCUT2D eigenvalue weighted by Crippen LogP contribution is 2.27. The Bertz CT molecular complexity index is 439. The van der Waals surface area contributed by atoms with Gasteiger partial charge in [0.05, 0.1) is 24.7 Å². The van der Waals surface area contributed by atoms with Crippen LogP contribution < -0.4 is 10.1 Å². The normalized spacial score (nSPS) is 10.6. The first-order chi connectivity index (χ1) is 10.2. The number of rotatable bonds is 11. The maximum Gasteiger partial charge on any atom is 0.311 e. The molecule has 0 fully saturated rings. The standard InChI is InChI=1S/C14H22N2O5/c1-2-5-15-11-12-3-4-14(13(10-12)16(18)19)21-9-8-20-7-6-17/h3-4,10,15,17H,2,5-9,11H2,1H3. The second-order valence-corrected chi connectivity index (χ2v) is 4.42. The lowest BCUT2D eigenvalue weighted by Crippen LogP contribution is -2.14. The van der Waals surface area contributed by atoms with E-state index >= 15 is 0 Å². The SMILES string of the molecule is CCCNCc1ccc(OCCOCCO)c([N+](=O)[O-])c1. The summed E-state index contributed by atoms with van der Waals surface area (Å²) in [5, 5.41) is 22.8. The van der Waals surface area contributed by atoms with E-state index in [1.165, 1.54) is 6.07 Å². The van der Waals surface area contributed by atoms with Gasteiger partial charge in [0.15, 0.2) is 5.75 Å². The average Bonchev–Trinajstić information content (AvgIpc) is 2.48. The van der Waals surface area contributed by atoms with Crippen LogP contribution in [0.25, 0.3) is 0 Å². The number of aliphatic hydroxyl groups excluding tert-OH is 1. The number of hydrogen-bond donors (Lipinski definition) is 2. The highest BCUT2D eigenvalue weighted by atomic mass is 16.6. The highest BCUT2D eigenvalue weighted by molar-refractivity contribution is 5.48. The molecule has 0 aliphatic carbocycles. The molecule has 0 spiro atoms. The predicted molar refractivity (Wildman–Crippen MR) is 78.5 cm³/mol. The lowest BCUT2D eigenvalue weighted by molar-refractivity contribution is -0.386. The van der Waals surface area contributed by atoms with Gasteiger partial charge in [0.25, 0.3) is 0 Å². The molecule has 0 aliphatic heterocycles. The summed E-state index contributed by atoms with van der Waals surface area (Å²) < 4.78 is 10.4. The second-order valence-electron chi connectivity index (χ2n) is 4.42. The monoisotopic (exact) mass is 298 g/mol. The molecule has 1 aromatic carbocycles. The van der Waals surface area contributed by atoms with Gasteiger partial charge in [0.2, 0.25) is 0 Å². The van der Waals surface area contributed by atoms with E-state index in [1.807, 2.05) is 0 Å². The van der Waals surface area contributed by atoms with Gasteiger partial charge in [-0.15, -0.1) is 0 Å². The van der Waals surface area contributed by atoms with Crippen molar-refractivity contribution in [3.8, 4) is 5.75 Å². The van der Waals surface area contributed by atoms with Crippen molar-refractivity contribution < 1.29 is 19.5 Å². The fraction of sp³-hybridized carbons (Fsp3) is 0.571. The molecule has 7 heteroatoms. The first kappa shape index (κ1) is 17.4. The number of ether oxygens (including phenoxy) is 2. The van der Waals surface area contributed by atoms with Gasteiger partial charge in [-0.2, -0.15) is 0 Å². The molecule has 1 rings (SSSR count). The summed E-state index contributed by atoms with van der Waals surface area (Å²) in [7, 11) is 0. The van der Waals surface area contributed by atoms with E-state index in [0.29, 0.717) is 6.54 Å². The van der Waals surface area contributed by atoms with Crippen molar-refractivity contribution >= 4 is 5.69 Å². The number of benzene rings is 1. The third-order valence-electron chi connectivity index (χ3n) is 2.70. The first-order valence-corrected chi connectivity index (χ1v) is 6.98. The number of nitrogens with one attached hydrogen (secondary N) is 1. The van der Waals surface area contributed by atoms with Crippen molar-refractivity contribution in [2.75, 3.05) is 33.0 Å². The molecule has 0 saturated heterocycles. The quantitative estimate of drug-likeness (QED) is 0.365. The summed E-state index contributed by atoms with van der Waals surface area (Å²) in [6, 6.07) is 4.93. The van der Waals surface area contributed by atoms with E-state index in [1.54, 1.807) is 12.1 Å². The van der Waals surface area contributed by atoms with Crippen LogP contribution in [-0.4, -0.2) is 43.0 Å². The van der Waals surface area contributed by atoms with E-state index in [2.05, 4.69) is 12.2 Å². The molecular formula is C14H22N2O5. The number of hydrogen-bond acceptors (Lipinski definition) is 6. The maximum atomic E-state index is 11.1. The summed E-state index contributed by atoms with van der Waals surface area (Å²) in [6.07, 6.45) is 1.01. The largest absolute Gasteiger partial charge is 0.484 e. The van der Waals surface area contributed by atoms with Gasteiger partial charge >= 0.3 is 5.69 Å². The lowest BCUT2D eigenvalue weighted by Gasteiger charge is -2.09. The van der Waals surface area contributed by atoms with Crippen LogP contribution in [0.15, 0.2) is 18.2 Å². The fourth-order valence-electron chi connectivity index (χ4n) is 1.72. The van der Waals surface area contributed by atoms with Crippen molar-refractivity contribution in [2.24, 2.45) is 0 Å². The third kappa shape index (κ3) is 6.52. The van der Waals surface area contributed by atoms with E-state index < -0.39 is 4.92 Å². The van der Waals surface area contributed by atoms with Gasteiger partial charge < -0.3 is 19.9 Å². The average molecular weight is 298 g/mol. The molecular weight excluding hydrogens is 276 g/mol. The van der Waals surface area contributed by atoms with E-state index in [-0.39, 0.29) is 37.9 Å². The Hall–Kier alpha value is -1.70. The van der Waals surface area contributed by atoms with Crippen molar-refractivity contribution in [3.63, 3.8) is 0 Å². The van der Waals surface area contributed by atoms with Crippen LogP contribution in [0.2, 0.25) is 0 Å². The minimum Gasteiger partial charge on any atom is -0.484 e. The van der Waals surface area contributed by atoms with E-state index in [9.17, 15) is 10.1 Å². The van der Waals surface area contributed by atoms with Crippen LogP contribution in [0, 0.1) is 10.1 Å². The first-order valence-electron chi connectivity index (χ1n) is 6.98. The fourth-order valence-corrected chi connectivity index (χ4v) is 1.72. The summed E-state index contributed by atoms with van der Waals surface area (Å²) in [5.74, 6) is 0.229. The van der Waals surface area contributed by atoms with Gasteiger partial charge in [-0.1, -0.05) is 13.0 Å². The molecule has 0 saturated carbocycles. The molecule has 0 aromatic heterocycles. The molecule has 0 amide bonds. The van der Waals surface area contributed by atoms with Crippen LogP contribution >= 0.6 is 0 Å². The summed E-state index contributed by atoms with van der Waals surface area (Å²) >= 11 is 0. The molecule has 0 radical (unpaired) electrons. The Labute approximate surface area is 124 Å². The van der Waals surface area contributed by atoms with Crippen molar-refractivity contribution in [1.82, 2.24) is 5.32 Å². The Kier molecular flexibility index (Phi) is 8.34. The topological polar surface area (TPSA) is 93.9 Å². The predicted octanol–water partition coefficient (Wildman–Crippen LogP) is 1.48. The number of nitro benzene ring substituents is 1. The Morgan fingerprint density at radius 1 is 1.33 bits per heavy atom. The molecule has 0 atom stereocenters. The van der Waals surface area contributed by atoms with Crippen LogP contribution in [0.3, 0.4) is 0 Å². The molecule has 118 valence electrons. The number of nitro groups is 1. The van der Waals surface area contributed by atoms with Crippen molar-refractivity contribution in [2.45, 2.75) is 19.9 Å². The van der Waals surface area contributed by atoms with Crippen molar-refractivity contribution in [3.05, 3.63) is 33.9 Å². The third-order valence-corrected chi connectivity index (χ3v) is 2.70. The van der Waals surface area contributed by atoms with Gasteiger partial charge in [-0.05, 0) is 24.6 Å². The van der Waals surface area contributed by atoms with E-state index in [0.717, 1.165) is 18.5 Å². The van der Waals surface area contributed by atoms with Crippen LogP contribution in [0.4, 0.5) is 5.69 Å². The molecule has 0 bridgehead atoms. The van der Waals surface area contributed by atoms with Crippen molar-refractivity contribution in [1.29, 1.82) is 0 Å². The lowest BCUT2D eigenvalue weighted by atomic mass is 10.2. The van der Waals surface area contributed by atoms with E-state index in [4.69, 9.17) is 14.6 Å². The number of nitrogens with zero attached hydrogens (tertiary/aromatic N) is 1. The maximum absolute atomic E-state index is 11.1. The molecule has 0 unspecified atom stereocenters. The molecule has 2 N–H and O–H groups in total. The van der Waals surface area contributed by atoms with Crippen LogP contribution in [-0.2, 0) is 11.3 Å². The zero-order chi connectivity index (χ0) is 15.5. The highest BCUT2D eigenvalue weighted by Gasteiger charge is 2.15. The molecule has 21 heavy (non-hydrogen) atoms. The molecule has 0 heterocycles. The minimum absolute atomic E-state index is 0.0482. The second kappa shape index (κ2) is 10.1. The smallest absolute Gasteiger partial charge is 0.311 e. The molecule has 1 aromatic rings. The summed E-state index contributed by atoms with van der Waals surface area (Å²) in [5.41, 5.74) is 0.798. The summed E-state index contributed by atoms with van der Waals surface area (Å²) in [6.45, 7) is 4.17. The molecule has 7 nitrogen and oxygen atoms in total. The zero-order valence-corrected chi connectivity index (χ0v) is 12.2. The van der Waals surface area contributed by atoms with Crippen LogP contribution in [0.5, 0.6) is 5.75 Å². The summed E-state index contributed by atoms with van der Waals surface area (Å²) in [4.78, 5) is 10.6.